The van der Waals surface area contributed by atoms with Gasteiger partial charge in [0.1, 0.15) is 0 Å². The van der Waals surface area contributed by atoms with E-state index in [-0.39, 0.29) is 11.7 Å². The lowest BCUT2D eigenvalue weighted by molar-refractivity contribution is 0.0683. The quantitative estimate of drug-likeness (QED) is 0.928. The van der Waals surface area contributed by atoms with Crippen molar-refractivity contribution in [3.63, 3.8) is 0 Å². The first-order chi connectivity index (χ1) is 9.91. The zero-order valence-electron chi connectivity index (χ0n) is 12.5. The van der Waals surface area contributed by atoms with Crippen LogP contribution >= 0.6 is 0 Å². The van der Waals surface area contributed by atoms with Gasteiger partial charge in [0.15, 0.2) is 0 Å². The summed E-state index contributed by atoms with van der Waals surface area (Å²) in [6.45, 7) is 5.33. The number of likely N-dealkylation sites (tertiary alicyclic amines) is 1. The predicted molar refractivity (Wildman–Crippen MR) is 83.8 cm³/mol. The minimum Gasteiger partial charge on any atom is -0.338 e. The van der Waals surface area contributed by atoms with Gasteiger partial charge in [0, 0.05) is 24.3 Å². The van der Waals surface area contributed by atoms with E-state index < -0.39 is 10.0 Å². The number of amides is 1. The topological polar surface area (TPSA) is 66.5 Å². The molecule has 1 atom stereocenters. The van der Waals surface area contributed by atoms with E-state index in [4.69, 9.17) is 0 Å². The zero-order chi connectivity index (χ0) is 15.5. The molecule has 1 fully saturated rings. The Morgan fingerprint density at radius 1 is 1.33 bits per heavy atom. The number of carbonyl (C=O) groups is 1. The Morgan fingerprint density at radius 3 is 2.57 bits per heavy atom. The molecule has 0 aliphatic carbocycles. The SMILES string of the molecule is CCS(=O)(=O)Nc1ccc(C(=O)N2CCCC(C)C2)cc1. The van der Waals surface area contributed by atoms with Crippen molar-refractivity contribution in [2.24, 2.45) is 5.92 Å². The molecule has 1 aliphatic heterocycles. The molecule has 1 amide bonds. The fourth-order valence-corrected chi connectivity index (χ4v) is 3.13. The summed E-state index contributed by atoms with van der Waals surface area (Å²) in [6.07, 6.45) is 2.21. The molecule has 1 N–H and O–H groups in total. The summed E-state index contributed by atoms with van der Waals surface area (Å²) in [5, 5.41) is 0. The third-order valence-corrected chi connectivity index (χ3v) is 5.04. The first-order valence-electron chi connectivity index (χ1n) is 7.31. The minimum absolute atomic E-state index is 0.0199. The van der Waals surface area contributed by atoms with Crippen molar-refractivity contribution in [1.29, 1.82) is 0 Å². The lowest BCUT2D eigenvalue weighted by Gasteiger charge is -2.31. The van der Waals surface area contributed by atoms with E-state index in [0.717, 1.165) is 19.5 Å². The van der Waals surface area contributed by atoms with Crippen molar-refractivity contribution in [2.45, 2.75) is 26.7 Å². The second-order valence-corrected chi connectivity index (χ2v) is 7.59. The summed E-state index contributed by atoms with van der Waals surface area (Å²) in [4.78, 5) is 14.3. The smallest absolute Gasteiger partial charge is 0.253 e. The third-order valence-electron chi connectivity index (χ3n) is 3.73. The molecule has 2 rings (SSSR count). The van der Waals surface area contributed by atoms with Gasteiger partial charge in [-0.1, -0.05) is 6.92 Å². The maximum Gasteiger partial charge on any atom is 0.253 e. The largest absolute Gasteiger partial charge is 0.338 e. The van der Waals surface area contributed by atoms with Crippen LogP contribution in [0.15, 0.2) is 24.3 Å². The van der Waals surface area contributed by atoms with Crippen LogP contribution in [-0.4, -0.2) is 38.1 Å². The highest BCUT2D eigenvalue weighted by atomic mass is 32.2. The molecule has 1 aliphatic rings. The number of hydrogen-bond acceptors (Lipinski definition) is 3. The van der Waals surface area contributed by atoms with Gasteiger partial charge >= 0.3 is 0 Å². The van der Waals surface area contributed by atoms with E-state index in [2.05, 4.69) is 11.6 Å². The number of nitrogens with zero attached hydrogens (tertiary/aromatic N) is 1. The first kappa shape index (κ1) is 15.8. The first-order valence-corrected chi connectivity index (χ1v) is 8.96. The highest BCUT2D eigenvalue weighted by Gasteiger charge is 2.21. The molecule has 1 saturated heterocycles. The van der Waals surface area contributed by atoms with E-state index in [1.165, 1.54) is 6.42 Å². The average Bonchev–Trinajstić information content (AvgIpc) is 2.47. The predicted octanol–water partition coefficient (Wildman–Crippen LogP) is 2.32. The Hall–Kier alpha value is -1.56. The zero-order valence-corrected chi connectivity index (χ0v) is 13.3. The van der Waals surface area contributed by atoms with Crippen molar-refractivity contribution in [1.82, 2.24) is 4.90 Å². The highest BCUT2D eigenvalue weighted by molar-refractivity contribution is 7.92. The Balaban J connectivity index is 2.06. The van der Waals surface area contributed by atoms with Crippen molar-refractivity contribution in [3.05, 3.63) is 29.8 Å². The monoisotopic (exact) mass is 310 g/mol. The molecule has 1 heterocycles. The molecular weight excluding hydrogens is 288 g/mol. The van der Waals surface area contributed by atoms with Gasteiger partial charge in [-0.15, -0.1) is 0 Å². The van der Waals surface area contributed by atoms with Gasteiger partial charge < -0.3 is 4.90 Å². The summed E-state index contributed by atoms with van der Waals surface area (Å²) >= 11 is 0. The lowest BCUT2D eigenvalue weighted by Crippen LogP contribution is -2.39. The summed E-state index contributed by atoms with van der Waals surface area (Å²) in [5.41, 5.74) is 1.09. The Morgan fingerprint density at radius 2 is 2.00 bits per heavy atom. The summed E-state index contributed by atoms with van der Waals surface area (Å²) in [6, 6.07) is 6.62. The number of hydrogen-bond donors (Lipinski definition) is 1. The molecule has 0 spiro atoms. The molecule has 0 saturated carbocycles. The summed E-state index contributed by atoms with van der Waals surface area (Å²) < 4.78 is 25.4. The number of carbonyl (C=O) groups excluding carboxylic acids is 1. The number of nitrogens with one attached hydrogen (secondary N) is 1. The minimum atomic E-state index is -3.28. The van der Waals surface area contributed by atoms with Gasteiger partial charge in [-0.2, -0.15) is 0 Å². The Labute approximate surface area is 126 Å². The molecule has 21 heavy (non-hydrogen) atoms. The fraction of sp³-hybridized carbons (Fsp3) is 0.533. The van der Waals surface area contributed by atoms with E-state index in [1.54, 1.807) is 31.2 Å². The third kappa shape index (κ3) is 4.20. The van der Waals surface area contributed by atoms with Gasteiger partial charge in [-0.25, -0.2) is 8.42 Å². The normalized spacial score (nSPS) is 19.3. The molecule has 5 nitrogen and oxygen atoms in total. The lowest BCUT2D eigenvalue weighted by atomic mass is 9.99. The molecule has 0 aromatic heterocycles. The van der Waals surface area contributed by atoms with Crippen LogP contribution in [0, 0.1) is 5.92 Å². The van der Waals surface area contributed by atoms with Gasteiger partial charge in [0.2, 0.25) is 10.0 Å². The summed E-state index contributed by atoms with van der Waals surface area (Å²) in [5.74, 6) is 0.587. The van der Waals surface area contributed by atoms with Crippen LogP contribution in [0.2, 0.25) is 0 Å². The number of benzene rings is 1. The molecule has 116 valence electrons. The standard InChI is InChI=1S/C15H22N2O3S/c1-3-21(19,20)16-14-8-6-13(7-9-14)15(18)17-10-4-5-12(2)11-17/h6-9,12,16H,3-5,10-11H2,1-2H3. The van der Waals surface area contributed by atoms with E-state index in [1.807, 2.05) is 4.90 Å². The Kier molecular flexibility index (Phi) is 4.88. The van der Waals surface area contributed by atoms with Gasteiger partial charge in [0.05, 0.1) is 5.75 Å². The van der Waals surface area contributed by atoms with Crippen LogP contribution in [0.1, 0.15) is 37.0 Å². The van der Waals surface area contributed by atoms with Crippen molar-refractivity contribution in [3.8, 4) is 0 Å². The molecule has 0 bridgehead atoms. The van der Waals surface area contributed by atoms with Gasteiger partial charge in [-0.3, -0.25) is 9.52 Å². The molecule has 0 radical (unpaired) electrons. The van der Waals surface area contributed by atoms with Gasteiger partial charge in [-0.05, 0) is 49.9 Å². The molecule has 1 unspecified atom stereocenters. The molecular formula is C15H22N2O3S. The number of rotatable bonds is 4. The average molecular weight is 310 g/mol. The highest BCUT2D eigenvalue weighted by Crippen LogP contribution is 2.19. The van der Waals surface area contributed by atoms with Crippen LogP contribution in [0.25, 0.3) is 0 Å². The van der Waals surface area contributed by atoms with E-state index in [0.29, 0.717) is 17.2 Å². The number of anilines is 1. The maximum atomic E-state index is 12.4. The van der Waals surface area contributed by atoms with Gasteiger partial charge in [0.25, 0.3) is 5.91 Å². The number of sulfonamides is 1. The molecule has 1 aromatic rings. The molecule has 6 heteroatoms. The van der Waals surface area contributed by atoms with Crippen LogP contribution in [-0.2, 0) is 10.0 Å². The van der Waals surface area contributed by atoms with Crippen LogP contribution in [0.5, 0.6) is 0 Å². The van der Waals surface area contributed by atoms with Crippen LogP contribution in [0.4, 0.5) is 5.69 Å². The van der Waals surface area contributed by atoms with Crippen LogP contribution in [0.3, 0.4) is 0 Å². The molecule has 1 aromatic carbocycles. The van der Waals surface area contributed by atoms with Crippen LogP contribution < -0.4 is 4.72 Å². The summed E-state index contributed by atoms with van der Waals surface area (Å²) in [7, 11) is -3.28. The van der Waals surface area contributed by atoms with E-state index >= 15 is 0 Å². The van der Waals surface area contributed by atoms with Crippen molar-refractivity contribution >= 4 is 21.6 Å². The Bertz CT molecular complexity index is 596. The fourth-order valence-electron chi connectivity index (χ4n) is 2.49. The second-order valence-electron chi connectivity index (χ2n) is 5.58. The number of piperidine rings is 1. The second kappa shape index (κ2) is 6.47. The van der Waals surface area contributed by atoms with Crippen molar-refractivity contribution < 1.29 is 13.2 Å². The van der Waals surface area contributed by atoms with Crippen molar-refractivity contribution in [2.75, 3.05) is 23.6 Å². The maximum absolute atomic E-state index is 12.4. The van der Waals surface area contributed by atoms with E-state index in [9.17, 15) is 13.2 Å².